The lowest BCUT2D eigenvalue weighted by Gasteiger charge is -2.05. The summed E-state index contributed by atoms with van der Waals surface area (Å²) in [6, 6.07) is 2.03. The van der Waals surface area contributed by atoms with Crippen molar-refractivity contribution in [1.29, 1.82) is 0 Å². The molecule has 0 saturated heterocycles. The van der Waals surface area contributed by atoms with E-state index in [-0.39, 0.29) is 0 Å². The van der Waals surface area contributed by atoms with Gasteiger partial charge in [0.05, 0.1) is 11.4 Å². The van der Waals surface area contributed by atoms with Gasteiger partial charge in [0.1, 0.15) is 5.69 Å². The first kappa shape index (κ1) is 11.7. The molecule has 5 nitrogen and oxygen atoms in total. The van der Waals surface area contributed by atoms with Crippen molar-refractivity contribution < 1.29 is 0 Å². The normalized spacial score (nSPS) is 11.1. The predicted molar refractivity (Wildman–Crippen MR) is 68.2 cm³/mol. The van der Waals surface area contributed by atoms with E-state index in [1.54, 1.807) is 4.68 Å². The molecule has 0 radical (unpaired) electrons. The Balaban J connectivity index is 2.55. The number of anilines is 1. The Morgan fingerprint density at radius 1 is 1.29 bits per heavy atom. The van der Waals surface area contributed by atoms with E-state index in [0.717, 1.165) is 41.4 Å². The van der Waals surface area contributed by atoms with Crippen molar-refractivity contribution in [2.75, 3.05) is 5.73 Å². The minimum atomic E-state index is 0.737. The largest absolute Gasteiger partial charge is 0.394 e. The van der Waals surface area contributed by atoms with Crippen LogP contribution in [0.15, 0.2) is 6.07 Å². The summed E-state index contributed by atoms with van der Waals surface area (Å²) in [5.41, 5.74) is 9.90. The number of aromatic nitrogens is 4. The third kappa shape index (κ3) is 1.92. The zero-order valence-corrected chi connectivity index (χ0v) is 10.9. The van der Waals surface area contributed by atoms with Crippen molar-refractivity contribution in [3.05, 3.63) is 23.1 Å². The smallest absolute Gasteiger partial charge is 0.175 e. The molecule has 5 heteroatoms. The Morgan fingerprint density at radius 2 is 2.00 bits per heavy atom. The quantitative estimate of drug-likeness (QED) is 0.878. The van der Waals surface area contributed by atoms with Crippen LogP contribution in [-0.2, 0) is 13.5 Å². The monoisotopic (exact) mass is 233 g/mol. The lowest BCUT2D eigenvalue weighted by molar-refractivity contribution is 0.676. The van der Waals surface area contributed by atoms with Crippen molar-refractivity contribution in [2.24, 2.45) is 7.05 Å². The summed E-state index contributed by atoms with van der Waals surface area (Å²) in [6.45, 7) is 6.12. The number of hydrogen-bond acceptors (Lipinski definition) is 3. The maximum atomic E-state index is 6.16. The molecule has 0 aliphatic heterocycles. The molecule has 0 saturated carbocycles. The first-order valence-corrected chi connectivity index (χ1v) is 5.89. The number of rotatable bonds is 3. The topological polar surface area (TPSA) is 61.7 Å². The highest BCUT2D eigenvalue weighted by Crippen LogP contribution is 2.23. The molecule has 2 N–H and O–H groups in total. The summed E-state index contributed by atoms with van der Waals surface area (Å²) in [5, 5.41) is 8.91. The standard InChI is InChI=1S/C12H19N5/c1-5-6-10-11(13)12(16(4)15-10)17-9(3)7-8(2)14-17/h7H,5-6,13H2,1-4H3. The van der Waals surface area contributed by atoms with E-state index < -0.39 is 0 Å². The van der Waals surface area contributed by atoms with Crippen LogP contribution in [0.5, 0.6) is 0 Å². The van der Waals surface area contributed by atoms with Crippen LogP contribution in [-0.4, -0.2) is 19.6 Å². The number of nitrogen functional groups attached to an aromatic ring is 1. The molecule has 2 rings (SSSR count). The first-order valence-electron chi connectivity index (χ1n) is 5.89. The van der Waals surface area contributed by atoms with Crippen molar-refractivity contribution in [1.82, 2.24) is 19.6 Å². The van der Waals surface area contributed by atoms with Crippen molar-refractivity contribution in [3.63, 3.8) is 0 Å². The van der Waals surface area contributed by atoms with Crippen LogP contribution in [0.4, 0.5) is 5.69 Å². The van der Waals surface area contributed by atoms with Gasteiger partial charge in [-0.3, -0.25) is 0 Å². The molecule has 0 spiro atoms. The number of aryl methyl sites for hydroxylation is 4. The third-order valence-electron chi connectivity index (χ3n) is 2.83. The lowest BCUT2D eigenvalue weighted by atomic mass is 10.2. The second-order valence-corrected chi connectivity index (χ2v) is 4.40. The number of nitrogens with zero attached hydrogens (tertiary/aromatic N) is 4. The molecule has 0 atom stereocenters. The Morgan fingerprint density at radius 3 is 2.53 bits per heavy atom. The van der Waals surface area contributed by atoms with Crippen LogP contribution >= 0.6 is 0 Å². The molecule has 2 aromatic heterocycles. The Labute approximate surface area is 101 Å². The summed E-state index contributed by atoms with van der Waals surface area (Å²) in [6.07, 6.45) is 1.94. The van der Waals surface area contributed by atoms with E-state index in [1.807, 2.05) is 31.6 Å². The fraction of sp³-hybridized carbons (Fsp3) is 0.500. The maximum absolute atomic E-state index is 6.16. The van der Waals surface area contributed by atoms with Gasteiger partial charge in [0.25, 0.3) is 0 Å². The Bertz CT molecular complexity index is 535. The highest BCUT2D eigenvalue weighted by atomic mass is 15.4. The Hall–Kier alpha value is -1.78. The zero-order chi connectivity index (χ0) is 12.6. The van der Waals surface area contributed by atoms with Crippen LogP contribution in [0.2, 0.25) is 0 Å². The van der Waals surface area contributed by atoms with Crippen LogP contribution in [0, 0.1) is 13.8 Å². The SMILES string of the molecule is CCCc1nn(C)c(-n2nc(C)cc2C)c1N. The molecule has 0 aliphatic carbocycles. The summed E-state index contributed by atoms with van der Waals surface area (Å²) < 4.78 is 3.66. The van der Waals surface area contributed by atoms with E-state index in [1.165, 1.54) is 0 Å². The van der Waals surface area contributed by atoms with E-state index >= 15 is 0 Å². The van der Waals surface area contributed by atoms with Crippen molar-refractivity contribution in [2.45, 2.75) is 33.6 Å². The molecule has 0 amide bonds. The second kappa shape index (κ2) is 4.24. The molecule has 2 heterocycles. The van der Waals surface area contributed by atoms with Crippen molar-refractivity contribution in [3.8, 4) is 5.82 Å². The van der Waals surface area contributed by atoms with Gasteiger partial charge in [0, 0.05) is 12.7 Å². The molecular weight excluding hydrogens is 214 g/mol. The molecule has 0 aliphatic rings. The van der Waals surface area contributed by atoms with E-state index in [4.69, 9.17) is 5.73 Å². The van der Waals surface area contributed by atoms with Gasteiger partial charge in [-0.25, -0.2) is 9.36 Å². The van der Waals surface area contributed by atoms with Gasteiger partial charge in [-0.05, 0) is 26.3 Å². The van der Waals surface area contributed by atoms with Crippen LogP contribution in [0.25, 0.3) is 5.82 Å². The summed E-state index contributed by atoms with van der Waals surface area (Å²) in [4.78, 5) is 0. The van der Waals surface area contributed by atoms with Crippen LogP contribution in [0.1, 0.15) is 30.4 Å². The van der Waals surface area contributed by atoms with Crippen molar-refractivity contribution >= 4 is 5.69 Å². The van der Waals surface area contributed by atoms with Gasteiger partial charge < -0.3 is 5.73 Å². The number of nitrogens with two attached hydrogens (primary N) is 1. The van der Waals surface area contributed by atoms with Gasteiger partial charge in [0.15, 0.2) is 5.82 Å². The zero-order valence-electron chi connectivity index (χ0n) is 10.9. The fourth-order valence-electron chi connectivity index (χ4n) is 2.10. The summed E-state index contributed by atoms with van der Waals surface area (Å²) >= 11 is 0. The van der Waals surface area contributed by atoms with E-state index in [9.17, 15) is 0 Å². The van der Waals surface area contributed by atoms with Crippen LogP contribution < -0.4 is 5.73 Å². The fourth-order valence-corrected chi connectivity index (χ4v) is 2.10. The first-order chi connectivity index (χ1) is 8.04. The van der Waals surface area contributed by atoms with Gasteiger partial charge >= 0.3 is 0 Å². The van der Waals surface area contributed by atoms with E-state index in [0.29, 0.717) is 0 Å². The van der Waals surface area contributed by atoms with Gasteiger partial charge in [-0.1, -0.05) is 13.3 Å². The molecule has 92 valence electrons. The summed E-state index contributed by atoms with van der Waals surface area (Å²) in [7, 11) is 1.90. The highest BCUT2D eigenvalue weighted by Gasteiger charge is 2.16. The van der Waals surface area contributed by atoms with Gasteiger partial charge in [0.2, 0.25) is 0 Å². The minimum absolute atomic E-state index is 0.737. The number of hydrogen-bond donors (Lipinski definition) is 1. The molecule has 0 aromatic carbocycles. The van der Waals surface area contributed by atoms with Crippen LogP contribution in [0.3, 0.4) is 0 Å². The van der Waals surface area contributed by atoms with Gasteiger partial charge in [-0.15, -0.1) is 0 Å². The average molecular weight is 233 g/mol. The molecule has 0 fully saturated rings. The third-order valence-corrected chi connectivity index (χ3v) is 2.83. The highest BCUT2D eigenvalue weighted by molar-refractivity contribution is 5.58. The van der Waals surface area contributed by atoms with Gasteiger partial charge in [-0.2, -0.15) is 10.2 Å². The summed E-state index contributed by atoms with van der Waals surface area (Å²) in [5.74, 6) is 0.860. The predicted octanol–water partition coefficient (Wildman–Crippen LogP) is 1.76. The molecule has 0 bridgehead atoms. The van der Waals surface area contributed by atoms with E-state index in [2.05, 4.69) is 17.1 Å². The second-order valence-electron chi connectivity index (χ2n) is 4.40. The Kier molecular flexibility index (Phi) is 2.92. The average Bonchev–Trinajstić information content (AvgIpc) is 2.69. The maximum Gasteiger partial charge on any atom is 0.175 e. The molecule has 2 aromatic rings. The lowest BCUT2D eigenvalue weighted by Crippen LogP contribution is -2.08. The molecule has 0 unspecified atom stereocenters. The minimum Gasteiger partial charge on any atom is -0.394 e. The molecule has 17 heavy (non-hydrogen) atoms. The molecular formula is C12H19N5.